The molecule has 3 heterocycles. The number of ether oxygens (including phenoxy) is 1. The lowest BCUT2D eigenvalue weighted by molar-refractivity contribution is 0.195. The number of nitrogens with one attached hydrogen (secondary N) is 1. The predicted octanol–water partition coefficient (Wildman–Crippen LogP) is 1.18. The Morgan fingerprint density at radius 1 is 1.58 bits per heavy atom. The van der Waals surface area contributed by atoms with Gasteiger partial charge < -0.3 is 14.6 Å². The fourth-order valence-corrected chi connectivity index (χ4v) is 2.33. The molecule has 3 rings (SSSR count). The Labute approximate surface area is 114 Å². The van der Waals surface area contributed by atoms with Crippen molar-refractivity contribution in [3.63, 3.8) is 0 Å². The van der Waals surface area contributed by atoms with Crippen LogP contribution in [0.15, 0.2) is 17.2 Å². The summed E-state index contributed by atoms with van der Waals surface area (Å²) < 4.78 is 6.73. The van der Waals surface area contributed by atoms with Gasteiger partial charge in [-0.05, 0) is 6.42 Å². The summed E-state index contributed by atoms with van der Waals surface area (Å²) in [4.78, 5) is 20.6. The lowest BCUT2D eigenvalue weighted by Gasteiger charge is -2.13. The van der Waals surface area contributed by atoms with Crippen LogP contribution in [0.2, 0.25) is 5.15 Å². The Bertz CT molecular complexity index is 679. The first-order valence-corrected chi connectivity index (χ1v) is 6.39. The van der Waals surface area contributed by atoms with Gasteiger partial charge in [0.25, 0.3) is 5.56 Å². The van der Waals surface area contributed by atoms with Crippen LogP contribution in [0, 0.1) is 0 Å². The standard InChI is InChI=1S/C12H13ClN4O2/c1-17-6-14-8-4-9(13)16-11(10(8)12(17)18)15-7-2-3-19-5-7/h4,6-7H,2-3,5H2,1H3,(H,15,16). The fraction of sp³-hybridized carbons (Fsp3) is 0.417. The third-order valence-electron chi connectivity index (χ3n) is 3.14. The summed E-state index contributed by atoms with van der Waals surface area (Å²) in [6.07, 6.45) is 2.36. The average molecular weight is 281 g/mol. The molecule has 1 aliphatic rings. The summed E-state index contributed by atoms with van der Waals surface area (Å²) in [7, 11) is 1.66. The number of pyridine rings is 1. The second kappa shape index (κ2) is 4.79. The van der Waals surface area contributed by atoms with Gasteiger partial charge in [-0.1, -0.05) is 11.6 Å². The second-order valence-corrected chi connectivity index (χ2v) is 4.94. The van der Waals surface area contributed by atoms with Gasteiger partial charge in [0.15, 0.2) is 0 Å². The minimum atomic E-state index is -0.143. The second-order valence-electron chi connectivity index (χ2n) is 4.55. The van der Waals surface area contributed by atoms with Gasteiger partial charge in [0.2, 0.25) is 0 Å². The molecule has 2 aromatic rings. The highest BCUT2D eigenvalue weighted by atomic mass is 35.5. The third-order valence-corrected chi connectivity index (χ3v) is 3.34. The van der Waals surface area contributed by atoms with E-state index in [0.29, 0.717) is 35.1 Å². The van der Waals surface area contributed by atoms with Gasteiger partial charge in [0.1, 0.15) is 16.4 Å². The Morgan fingerprint density at radius 2 is 2.42 bits per heavy atom. The van der Waals surface area contributed by atoms with Crippen LogP contribution in [-0.2, 0) is 11.8 Å². The van der Waals surface area contributed by atoms with E-state index >= 15 is 0 Å². The van der Waals surface area contributed by atoms with Gasteiger partial charge in [0, 0.05) is 19.7 Å². The molecule has 0 saturated carbocycles. The highest BCUT2D eigenvalue weighted by molar-refractivity contribution is 6.30. The number of rotatable bonds is 2. The lowest BCUT2D eigenvalue weighted by atomic mass is 10.2. The average Bonchev–Trinajstić information content (AvgIpc) is 2.86. The highest BCUT2D eigenvalue weighted by Crippen LogP contribution is 2.22. The molecule has 7 heteroatoms. The van der Waals surface area contributed by atoms with Crippen molar-refractivity contribution >= 4 is 28.3 Å². The van der Waals surface area contributed by atoms with Crippen LogP contribution in [0.3, 0.4) is 0 Å². The monoisotopic (exact) mass is 280 g/mol. The Morgan fingerprint density at radius 3 is 3.16 bits per heavy atom. The molecule has 0 aromatic carbocycles. The molecule has 1 aliphatic heterocycles. The first-order valence-electron chi connectivity index (χ1n) is 6.01. The molecule has 1 fully saturated rings. The van der Waals surface area contributed by atoms with Gasteiger partial charge in [-0.3, -0.25) is 4.79 Å². The molecule has 100 valence electrons. The maximum absolute atomic E-state index is 12.2. The molecule has 1 atom stereocenters. The molecule has 0 bridgehead atoms. The molecule has 0 radical (unpaired) electrons. The van der Waals surface area contributed by atoms with Gasteiger partial charge in [-0.25, -0.2) is 9.97 Å². The van der Waals surface area contributed by atoms with Gasteiger partial charge in [0.05, 0.1) is 24.5 Å². The van der Waals surface area contributed by atoms with Gasteiger partial charge >= 0.3 is 0 Å². The quantitative estimate of drug-likeness (QED) is 0.837. The Balaban J connectivity index is 2.15. The molecule has 0 amide bonds. The number of aromatic nitrogens is 3. The van der Waals surface area contributed by atoms with E-state index in [1.165, 1.54) is 10.9 Å². The van der Waals surface area contributed by atoms with Crippen LogP contribution in [0.5, 0.6) is 0 Å². The van der Waals surface area contributed by atoms with Crippen LogP contribution in [0.1, 0.15) is 6.42 Å². The van der Waals surface area contributed by atoms with Crippen LogP contribution >= 0.6 is 11.6 Å². The smallest absolute Gasteiger partial charge is 0.264 e. The Kier molecular flexibility index (Phi) is 3.12. The number of hydrogen-bond donors (Lipinski definition) is 1. The molecule has 2 aromatic heterocycles. The van der Waals surface area contributed by atoms with Crippen molar-refractivity contribution in [2.45, 2.75) is 12.5 Å². The highest BCUT2D eigenvalue weighted by Gasteiger charge is 2.19. The largest absolute Gasteiger partial charge is 0.379 e. The number of anilines is 1. The summed E-state index contributed by atoms with van der Waals surface area (Å²) in [5.74, 6) is 0.478. The molecule has 1 saturated heterocycles. The normalized spacial score (nSPS) is 18.9. The maximum atomic E-state index is 12.2. The lowest BCUT2D eigenvalue weighted by Crippen LogP contribution is -2.24. The van der Waals surface area contributed by atoms with Gasteiger partial charge in [-0.15, -0.1) is 0 Å². The van der Waals surface area contributed by atoms with Crippen molar-refractivity contribution in [2.75, 3.05) is 18.5 Å². The van der Waals surface area contributed by atoms with Crippen molar-refractivity contribution in [1.82, 2.24) is 14.5 Å². The molecule has 0 aliphatic carbocycles. The third kappa shape index (κ3) is 2.29. The fourth-order valence-electron chi connectivity index (χ4n) is 2.14. The maximum Gasteiger partial charge on any atom is 0.264 e. The molecule has 0 spiro atoms. The van der Waals surface area contributed by atoms with E-state index in [2.05, 4.69) is 15.3 Å². The first kappa shape index (κ1) is 12.4. The molecule has 6 nitrogen and oxygen atoms in total. The summed E-state index contributed by atoms with van der Waals surface area (Å²) >= 11 is 5.97. The zero-order chi connectivity index (χ0) is 13.4. The molecule has 1 N–H and O–H groups in total. The van der Waals surface area contributed by atoms with Crippen LogP contribution < -0.4 is 10.9 Å². The van der Waals surface area contributed by atoms with Crippen molar-refractivity contribution in [3.8, 4) is 0 Å². The number of halogens is 1. The van der Waals surface area contributed by atoms with Gasteiger partial charge in [-0.2, -0.15) is 0 Å². The van der Waals surface area contributed by atoms with E-state index < -0.39 is 0 Å². The van der Waals surface area contributed by atoms with E-state index in [1.54, 1.807) is 13.1 Å². The summed E-state index contributed by atoms with van der Waals surface area (Å²) in [5.41, 5.74) is 0.403. The minimum Gasteiger partial charge on any atom is -0.379 e. The summed E-state index contributed by atoms with van der Waals surface area (Å²) in [5, 5.41) is 3.99. The van der Waals surface area contributed by atoms with Crippen LogP contribution in [-0.4, -0.2) is 33.8 Å². The van der Waals surface area contributed by atoms with Crippen molar-refractivity contribution in [1.29, 1.82) is 0 Å². The van der Waals surface area contributed by atoms with Crippen molar-refractivity contribution < 1.29 is 4.74 Å². The number of nitrogens with zero attached hydrogens (tertiary/aromatic N) is 3. The zero-order valence-electron chi connectivity index (χ0n) is 10.4. The van der Waals surface area contributed by atoms with E-state index in [9.17, 15) is 4.79 Å². The van der Waals surface area contributed by atoms with Crippen LogP contribution in [0.4, 0.5) is 5.82 Å². The minimum absolute atomic E-state index is 0.143. The summed E-state index contributed by atoms with van der Waals surface area (Å²) in [6, 6.07) is 1.74. The Hall–Kier alpha value is -1.66. The van der Waals surface area contributed by atoms with E-state index in [1.807, 2.05) is 0 Å². The molecule has 1 unspecified atom stereocenters. The summed E-state index contributed by atoms with van der Waals surface area (Å²) in [6.45, 7) is 1.32. The van der Waals surface area contributed by atoms with Crippen molar-refractivity contribution in [3.05, 3.63) is 27.9 Å². The molecule has 19 heavy (non-hydrogen) atoms. The molecular formula is C12H13ClN4O2. The predicted molar refractivity (Wildman–Crippen MR) is 72.6 cm³/mol. The number of hydrogen-bond acceptors (Lipinski definition) is 5. The topological polar surface area (TPSA) is 69.0 Å². The number of fused-ring (bicyclic) bond motifs is 1. The first-order chi connectivity index (χ1) is 9.15. The van der Waals surface area contributed by atoms with Crippen molar-refractivity contribution in [2.24, 2.45) is 7.05 Å². The van der Waals surface area contributed by atoms with E-state index in [0.717, 1.165) is 6.42 Å². The SMILES string of the molecule is Cn1cnc2cc(Cl)nc(NC3CCOC3)c2c1=O. The zero-order valence-corrected chi connectivity index (χ0v) is 11.1. The van der Waals surface area contributed by atoms with Crippen LogP contribution in [0.25, 0.3) is 10.9 Å². The van der Waals surface area contributed by atoms with E-state index in [4.69, 9.17) is 16.3 Å². The number of aryl methyl sites for hydroxylation is 1. The molecular weight excluding hydrogens is 268 g/mol. The van der Waals surface area contributed by atoms with E-state index in [-0.39, 0.29) is 11.6 Å².